The summed E-state index contributed by atoms with van der Waals surface area (Å²) in [4.78, 5) is 12.9. The van der Waals surface area contributed by atoms with Gasteiger partial charge in [0.05, 0.1) is 10.9 Å². The van der Waals surface area contributed by atoms with Crippen LogP contribution in [0, 0.1) is 13.8 Å². The number of nitrogens with one attached hydrogen (secondary N) is 1. The number of amides is 1. The molecule has 0 spiro atoms. The Bertz CT molecular complexity index is 1000. The normalized spacial score (nSPS) is 13.1. The maximum atomic E-state index is 12.9. The van der Waals surface area contributed by atoms with Gasteiger partial charge in [-0.1, -0.05) is 55.9 Å². The molecule has 6 nitrogen and oxygen atoms in total. The van der Waals surface area contributed by atoms with Gasteiger partial charge in [0.1, 0.15) is 0 Å². The number of rotatable bonds is 7. The second-order valence-electron chi connectivity index (χ2n) is 7.24. The average Bonchev–Trinajstić information content (AvgIpc) is 3.17. The van der Waals surface area contributed by atoms with E-state index in [1.54, 1.807) is 4.68 Å². The smallest absolute Gasteiger partial charge is 0.237 e. The molecule has 1 heterocycles. The van der Waals surface area contributed by atoms with E-state index < -0.39 is 0 Å². The van der Waals surface area contributed by atoms with Crippen molar-refractivity contribution in [2.75, 3.05) is 5.32 Å². The molecule has 0 aliphatic carbocycles. The van der Waals surface area contributed by atoms with Crippen LogP contribution in [0.4, 0.5) is 5.69 Å². The van der Waals surface area contributed by atoms with Gasteiger partial charge >= 0.3 is 0 Å². The Balaban J connectivity index is 1.77. The topological polar surface area (TPSA) is 72.7 Å². The van der Waals surface area contributed by atoms with Crippen molar-refractivity contribution in [2.45, 2.75) is 57.4 Å². The first-order valence-electron chi connectivity index (χ1n) is 9.83. The molecule has 0 fully saturated rings. The molecule has 0 unspecified atom stereocenters. The van der Waals surface area contributed by atoms with Crippen molar-refractivity contribution in [2.24, 2.45) is 0 Å². The fourth-order valence-electron chi connectivity index (χ4n) is 3.08. The van der Waals surface area contributed by atoms with Crippen molar-refractivity contribution >= 4 is 23.4 Å². The average molecular weight is 410 g/mol. The molecule has 7 heteroatoms. The van der Waals surface area contributed by atoms with Crippen molar-refractivity contribution in [3.05, 3.63) is 59.2 Å². The zero-order valence-electron chi connectivity index (χ0n) is 17.5. The number of tetrazole rings is 1. The van der Waals surface area contributed by atoms with Crippen molar-refractivity contribution in [1.29, 1.82) is 0 Å². The molecule has 3 rings (SSSR count). The molecule has 1 aromatic heterocycles. The summed E-state index contributed by atoms with van der Waals surface area (Å²) in [5, 5.41) is 15.4. The van der Waals surface area contributed by atoms with Crippen molar-refractivity contribution in [1.82, 2.24) is 20.2 Å². The third-order valence-corrected chi connectivity index (χ3v) is 6.29. The molecule has 1 N–H and O–H groups in total. The Hall–Kier alpha value is -2.67. The summed E-state index contributed by atoms with van der Waals surface area (Å²) in [6.45, 7) is 10.3. The molecule has 2 atom stereocenters. The molecule has 0 saturated carbocycles. The first-order chi connectivity index (χ1) is 13.9. The van der Waals surface area contributed by atoms with Crippen LogP contribution in [-0.4, -0.2) is 31.4 Å². The lowest BCUT2D eigenvalue weighted by atomic mass is 9.97. The van der Waals surface area contributed by atoms with Gasteiger partial charge in [-0.25, -0.2) is 0 Å². The first-order valence-corrected chi connectivity index (χ1v) is 10.7. The molecule has 0 aliphatic heterocycles. The molecule has 0 bridgehead atoms. The predicted molar refractivity (Wildman–Crippen MR) is 118 cm³/mol. The van der Waals surface area contributed by atoms with Crippen LogP contribution in [-0.2, 0) is 4.79 Å². The second kappa shape index (κ2) is 9.22. The van der Waals surface area contributed by atoms with Gasteiger partial charge in [0.2, 0.25) is 11.1 Å². The van der Waals surface area contributed by atoms with E-state index in [1.165, 1.54) is 17.3 Å². The number of hydrogen-bond acceptors (Lipinski definition) is 5. The molecule has 0 aliphatic rings. The van der Waals surface area contributed by atoms with Gasteiger partial charge in [0, 0.05) is 5.69 Å². The number of aryl methyl sites for hydroxylation is 1. The van der Waals surface area contributed by atoms with Gasteiger partial charge in [0.15, 0.2) is 0 Å². The molecule has 29 heavy (non-hydrogen) atoms. The Labute approximate surface area is 176 Å². The highest BCUT2D eigenvalue weighted by atomic mass is 32.2. The highest BCUT2D eigenvalue weighted by Crippen LogP contribution is 2.29. The minimum absolute atomic E-state index is 0.0683. The van der Waals surface area contributed by atoms with E-state index in [2.05, 4.69) is 53.7 Å². The monoisotopic (exact) mass is 409 g/mol. The van der Waals surface area contributed by atoms with Crippen LogP contribution in [0.15, 0.2) is 47.6 Å². The van der Waals surface area contributed by atoms with E-state index in [-0.39, 0.29) is 11.2 Å². The number of anilines is 1. The van der Waals surface area contributed by atoms with Crippen LogP contribution >= 0.6 is 11.8 Å². The van der Waals surface area contributed by atoms with Crippen molar-refractivity contribution in [3.8, 4) is 5.69 Å². The SMILES string of the molecule is CC[C@@H](C)c1ccccc1NC(=O)[C@H](C)Sc1nnnn1-c1cccc(C)c1C. The summed E-state index contributed by atoms with van der Waals surface area (Å²) in [7, 11) is 0. The van der Waals surface area contributed by atoms with Gasteiger partial charge in [0.25, 0.3) is 0 Å². The molecule has 1 amide bonds. The molecule has 2 aromatic carbocycles. The number of aromatic nitrogens is 4. The molecule has 3 aromatic rings. The highest BCUT2D eigenvalue weighted by molar-refractivity contribution is 8.00. The van der Waals surface area contributed by atoms with Crippen molar-refractivity contribution in [3.63, 3.8) is 0 Å². The summed E-state index contributed by atoms with van der Waals surface area (Å²) < 4.78 is 1.70. The maximum absolute atomic E-state index is 12.9. The Morgan fingerprint density at radius 1 is 1.14 bits per heavy atom. The number of carbonyl (C=O) groups excluding carboxylic acids is 1. The summed E-state index contributed by atoms with van der Waals surface area (Å²) in [6, 6.07) is 14.0. The minimum atomic E-state index is -0.352. The van der Waals surface area contributed by atoms with Gasteiger partial charge in [-0.2, -0.15) is 4.68 Å². The van der Waals surface area contributed by atoms with Crippen LogP contribution in [0.1, 0.15) is 49.8 Å². The summed E-state index contributed by atoms with van der Waals surface area (Å²) in [5.74, 6) is 0.312. The minimum Gasteiger partial charge on any atom is -0.325 e. The fraction of sp³-hybridized carbons (Fsp3) is 0.364. The third kappa shape index (κ3) is 4.67. The Morgan fingerprint density at radius 3 is 2.66 bits per heavy atom. The maximum Gasteiger partial charge on any atom is 0.237 e. The molecular formula is C22H27N5OS. The van der Waals surface area contributed by atoms with Crippen LogP contribution in [0.25, 0.3) is 5.69 Å². The zero-order valence-corrected chi connectivity index (χ0v) is 18.3. The molecular weight excluding hydrogens is 382 g/mol. The third-order valence-electron chi connectivity index (χ3n) is 5.26. The van der Waals surface area contributed by atoms with Crippen LogP contribution in [0.3, 0.4) is 0 Å². The number of hydrogen-bond donors (Lipinski definition) is 1. The lowest BCUT2D eigenvalue weighted by Crippen LogP contribution is -2.23. The fourth-order valence-corrected chi connectivity index (χ4v) is 3.88. The lowest BCUT2D eigenvalue weighted by Gasteiger charge is -2.17. The molecule has 0 radical (unpaired) electrons. The first kappa shape index (κ1) is 21.0. The lowest BCUT2D eigenvalue weighted by molar-refractivity contribution is -0.115. The van der Waals surface area contributed by atoms with Crippen LogP contribution in [0.2, 0.25) is 0 Å². The van der Waals surface area contributed by atoms with Gasteiger partial charge < -0.3 is 5.32 Å². The van der Waals surface area contributed by atoms with Crippen LogP contribution < -0.4 is 5.32 Å². The van der Waals surface area contributed by atoms with Gasteiger partial charge in [-0.3, -0.25) is 4.79 Å². The van der Waals surface area contributed by atoms with E-state index in [0.29, 0.717) is 11.1 Å². The van der Waals surface area contributed by atoms with E-state index in [9.17, 15) is 4.79 Å². The van der Waals surface area contributed by atoms with E-state index in [1.807, 2.05) is 44.2 Å². The molecule has 152 valence electrons. The number of thioether (sulfide) groups is 1. The predicted octanol–water partition coefficient (Wildman–Crippen LogP) is 4.91. The number of carbonyl (C=O) groups is 1. The highest BCUT2D eigenvalue weighted by Gasteiger charge is 2.21. The number of benzene rings is 2. The summed E-state index contributed by atoms with van der Waals surface area (Å²) in [6.07, 6.45) is 1.02. The van der Waals surface area contributed by atoms with E-state index >= 15 is 0 Å². The largest absolute Gasteiger partial charge is 0.325 e. The second-order valence-corrected chi connectivity index (χ2v) is 8.55. The molecule has 0 saturated heterocycles. The Kier molecular flexibility index (Phi) is 6.69. The van der Waals surface area contributed by atoms with Gasteiger partial charge in [-0.05, 0) is 72.4 Å². The quantitative estimate of drug-likeness (QED) is 0.561. The number of nitrogens with zero attached hydrogens (tertiary/aromatic N) is 4. The summed E-state index contributed by atoms with van der Waals surface area (Å²) in [5.41, 5.74) is 5.23. The van der Waals surface area contributed by atoms with Gasteiger partial charge in [-0.15, -0.1) is 5.10 Å². The number of para-hydroxylation sites is 1. The summed E-state index contributed by atoms with van der Waals surface area (Å²) >= 11 is 1.35. The van der Waals surface area contributed by atoms with Crippen molar-refractivity contribution < 1.29 is 4.79 Å². The zero-order chi connectivity index (χ0) is 21.0. The van der Waals surface area contributed by atoms with E-state index in [0.717, 1.165) is 28.9 Å². The van der Waals surface area contributed by atoms with Crippen LogP contribution in [0.5, 0.6) is 0 Å². The standard InChI is InChI=1S/C22H27N5OS/c1-6-14(2)18-11-7-8-12-19(18)23-21(28)17(5)29-22-24-25-26-27(22)20-13-9-10-15(3)16(20)4/h7-14,17H,6H2,1-5H3,(H,23,28)/t14-,17+/m1/s1. The van der Waals surface area contributed by atoms with E-state index in [4.69, 9.17) is 0 Å². The Morgan fingerprint density at radius 2 is 1.90 bits per heavy atom.